The Kier molecular flexibility index (Phi) is 7.17. The number of ether oxygens (including phenoxy) is 3. The van der Waals surface area contributed by atoms with Gasteiger partial charge in [0.05, 0.1) is 19.7 Å². The lowest BCUT2D eigenvalue weighted by Gasteiger charge is -2.35. The Bertz CT molecular complexity index is 1450. The van der Waals surface area contributed by atoms with Crippen molar-refractivity contribution in [1.82, 2.24) is 14.9 Å². The number of rotatable bonds is 7. The number of anilines is 2. The molecular weight excluding hydrogens is 482 g/mol. The summed E-state index contributed by atoms with van der Waals surface area (Å²) < 4.78 is 16.7. The quantitative estimate of drug-likeness (QED) is 0.394. The van der Waals surface area contributed by atoms with Crippen LogP contribution in [0.5, 0.6) is 17.2 Å². The molecule has 1 fully saturated rings. The molecular formula is C29H31N5O4. The summed E-state index contributed by atoms with van der Waals surface area (Å²) in [7, 11) is 3.16. The number of carbonyl (C=O) groups excluding carboxylic acids is 1. The van der Waals surface area contributed by atoms with Crippen LogP contribution >= 0.6 is 0 Å². The van der Waals surface area contributed by atoms with Crippen molar-refractivity contribution < 1.29 is 19.0 Å². The minimum absolute atomic E-state index is 0.00173. The van der Waals surface area contributed by atoms with E-state index in [2.05, 4.69) is 4.98 Å². The Balaban J connectivity index is 1.24. The second kappa shape index (κ2) is 10.8. The van der Waals surface area contributed by atoms with Gasteiger partial charge in [-0.3, -0.25) is 4.79 Å². The van der Waals surface area contributed by atoms with E-state index >= 15 is 0 Å². The smallest absolute Gasteiger partial charge is 0.253 e. The largest absolute Gasteiger partial charge is 0.493 e. The van der Waals surface area contributed by atoms with Crippen LogP contribution in [-0.4, -0.2) is 61.2 Å². The fourth-order valence-electron chi connectivity index (χ4n) is 4.58. The van der Waals surface area contributed by atoms with Crippen molar-refractivity contribution in [2.24, 2.45) is 0 Å². The zero-order valence-electron chi connectivity index (χ0n) is 21.8. The summed E-state index contributed by atoms with van der Waals surface area (Å²) in [5, 5.41) is 0.701. The topological polar surface area (TPSA) is 103 Å². The molecule has 1 amide bonds. The molecule has 4 aromatic rings. The summed E-state index contributed by atoms with van der Waals surface area (Å²) in [6.07, 6.45) is 0. The van der Waals surface area contributed by atoms with E-state index in [9.17, 15) is 4.79 Å². The third-order valence-electron chi connectivity index (χ3n) is 6.73. The van der Waals surface area contributed by atoms with Crippen LogP contribution in [0.2, 0.25) is 0 Å². The Hall–Kier alpha value is -4.53. The molecule has 0 radical (unpaired) electrons. The lowest BCUT2D eigenvalue weighted by molar-refractivity contribution is 0.0746. The molecule has 3 aromatic carbocycles. The maximum Gasteiger partial charge on any atom is 0.253 e. The Labute approximate surface area is 221 Å². The second-order valence-electron chi connectivity index (χ2n) is 9.17. The van der Waals surface area contributed by atoms with Crippen molar-refractivity contribution in [3.05, 3.63) is 77.4 Å². The van der Waals surface area contributed by atoms with Crippen LogP contribution in [0.1, 0.15) is 21.5 Å². The molecule has 0 aliphatic carbocycles. The molecule has 2 N–H and O–H groups in total. The van der Waals surface area contributed by atoms with Gasteiger partial charge < -0.3 is 29.7 Å². The van der Waals surface area contributed by atoms with Crippen LogP contribution in [0.3, 0.4) is 0 Å². The normalized spacial score (nSPS) is 13.4. The van der Waals surface area contributed by atoms with Gasteiger partial charge in [-0.05, 0) is 42.3 Å². The van der Waals surface area contributed by atoms with Gasteiger partial charge in [0.25, 0.3) is 5.91 Å². The number of nitrogens with zero attached hydrogens (tertiary/aromatic N) is 4. The Morgan fingerprint density at radius 2 is 1.61 bits per heavy atom. The SMILES string of the molecule is COc1cc2nc(N3CCN(C(=O)c4ccc(OCc5ccccc5)c(C)c4)CC3)nc(N)c2cc1OC. The molecule has 2 heterocycles. The predicted molar refractivity (Wildman–Crippen MR) is 147 cm³/mol. The lowest BCUT2D eigenvalue weighted by Crippen LogP contribution is -2.49. The fraction of sp³-hybridized carbons (Fsp3) is 0.276. The number of amides is 1. The van der Waals surface area contributed by atoms with Gasteiger partial charge in [0.15, 0.2) is 11.5 Å². The van der Waals surface area contributed by atoms with Gasteiger partial charge >= 0.3 is 0 Å². The highest BCUT2D eigenvalue weighted by molar-refractivity contribution is 5.95. The number of benzene rings is 3. The average molecular weight is 514 g/mol. The zero-order valence-corrected chi connectivity index (χ0v) is 21.8. The zero-order chi connectivity index (χ0) is 26.6. The second-order valence-corrected chi connectivity index (χ2v) is 9.17. The van der Waals surface area contributed by atoms with Crippen molar-refractivity contribution in [3.63, 3.8) is 0 Å². The molecule has 1 aliphatic rings. The number of piperazine rings is 1. The van der Waals surface area contributed by atoms with Crippen LogP contribution in [0, 0.1) is 6.92 Å². The molecule has 1 aromatic heterocycles. The maximum absolute atomic E-state index is 13.2. The van der Waals surface area contributed by atoms with Crippen molar-refractivity contribution >= 4 is 28.6 Å². The molecule has 1 saturated heterocycles. The minimum atomic E-state index is -0.00173. The standard InChI is InChI=1S/C29H31N5O4/c1-19-15-21(9-10-24(19)38-18-20-7-5-4-6-8-20)28(35)33-11-13-34(14-12-33)29-31-23-17-26(37-3)25(36-2)16-22(23)27(30)32-29/h4-10,15-17H,11-14,18H2,1-3H3,(H2,30,31,32). The number of carbonyl (C=O) groups is 1. The van der Waals surface area contributed by atoms with Crippen LogP contribution < -0.4 is 24.8 Å². The van der Waals surface area contributed by atoms with Crippen LogP contribution in [0.15, 0.2) is 60.7 Å². The van der Waals surface area contributed by atoms with Gasteiger partial charge in [0.2, 0.25) is 5.95 Å². The van der Waals surface area contributed by atoms with Gasteiger partial charge in [0.1, 0.15) is 18.2 Å². The summed E-state index contributed by atoms with van der Waals surface area (Å²) in [5.74, 6) is 2.82. The lowest BCUT2D eigenvalue weighted by atomic mass is 10.1. The first kappa shape index (κ1) is 25.1. The van der Waals surface area contributed by atoms with Gasteiger partial charge in [-0.25, -0.2) is 4.98 Å². The summed E-state index contributed by atoms with van der Waals surface area (Å²) in [5.41, 5.74) is 9.61. The van der Waals surface area contributed by atoms with Gasteiger partial charge in [0, 0.05) is 43.2 Å². The first-order valence-electron chi connectivity index (χ1n) is 12.5. The van der Waals surface area contributed by atoms with E-state index < -0.39 is 0 Å². The van der Waals surface area contributed by atoms with Crippen molar-refractivity contribution in [2.75, 3.05) is 51.0 Å². The third-order valence-corrected chi connectivity index (χ3v) is 6.73. The molecule has 9 nitrogen and oxygen atoms in total. The summed E-state index contributed by atoms with van der Waals surface area (Å²) in [6.45, 7) is 4.75. The van der Waals surface area contributed by atoms with E-state index in [0.29, 0.717) is 72.5 Å². The molecule has 0 bridgehead atoms. The number of aryl methyl sites for hydroxylation is 1. The van der Waals surface area contributed by atoms with Crippen LogP contribution in [0.4, 0.5) is 11.8 Å². The summed E-state index contributed by atoms with van der Waals surface area (Å²) in [6, 6.07) is 19.2. The molecule has 9 heteroatoms. The highest BCUT2D eigenvalue weighted by atomic mass is 16.5. The highest BCUT2D eigenvalue weighted by Gasteiger charge is 2.25. The average Bonchev–Trinajstić information content (AvgIpc) is 2.96. The molecule has 0 unspecified atom stereocenters. The Morgan fingerprint density at radius 1 is 0.895 bits per heavy atom. The maximum atomic E-state index is 13.2. The molecule has 38 heavy (non-hydrogen) atoms. The van der Waals surface area contributed by atoms with E-state index in [1.165, 1.54) is 0 Å². The van der Waals surface area contributed by atoms with Crippen molar-refractivity contribution in [3.8, 4) is 17.2 Å². The number of methoxy groups -OCH3 is 2. The third kappa shape index (κ3) is 5.13. The molecule has 0 atom stereocenters. The van der Waals surface area contributed by atoms with Crippen molar-refractivity contribution in [1.29, 1.82) is 0 Å². The van der Waals surface area contributed by atoms with E-state index in [1.54, 1.807) is 26.4 Å². The number of nitrogen functional groups attached to an aromatic ring is 1. The van der Waals surface area contributed by atoms with Crippen molar-refractivity contribution in [2.45, 2.75) is 13.5 Å². The number of hydrogen-bond donors (Lipinski definition) is 1. The van der Waals surface area contributed by atoms with E-state index in [1.807, 2.05) is 65.3 Å². The summed E-state index contributed by atoms with van der Waals surface area (Å²) in [4.78, 5) is 26.4. The van der Waals surface area contributed by atoms with E-state index in [4.69, 9.17) is 24.9 Å². The van der Waals surface area contributed by atoms with Gasteiger partial charge in [-0.1, -0.05) is 30.3 Å². The number of nitrogens with two attached hydrogens (primary N) is 1. The number of aromatic nitrogens is 2. The Morgan fingerprint density at radius 3 is 2.29 bits per heavy atom. The molecule has 196 valence electrons. The fourth-order valence-corrected chi connectivity index (χ4v) is 4.58. The monoisotopic (exact) mass is 513 g/mol. The molecule has 0 saturated carbocycles. The number of fused-ring (bicyclic) bond motifs is 1. The number of hydrogen-bond acceptors (Lipinski definition) is 8. The van der Waals surface area contributed by atoms with Gasteiger partial charge in [-0.2, -0.15) is 4.98 Å². The minimum Gasteiger partial charge on any atom is -0.493 e. The van der Waals surface area contributed by atoms with Crippen LogP contribution in [-0.2, 0) is 6.61 Å². The first-order valence-corrected chi connectivity index (χ1v) is 12.5. The predicted octanol–water partition coefficient (Wildman–Crippen LogP) is 4.08. The molecule has 0 spiro atoms. The van der Waals surface area contributed by atoms with E-state index in [0.717, 1.165) is 16.9 Å². The van der Waals surface area contributed by atoms with Gasteiger partial charge in [-0.15, -0.1) is 0 Å². The highest BCUT2D eigenvalue weighted by Crippen LogP contribution is 2.34. The molecule has 5 rings (SSSR count). The summed E-state index contributed by atoms with van der Waals surface area (Å²) >= 11 is 0. The van der Waals surface area contributed by atoms with E-state index in [-0.39, 0.29) is 5.91 Å². The first-order chi connectivity index (χ1) is 18.5. The molecule has 1 aliphatic heterocycles. The van der Waals surface area contributed by atoms with Crippen LogP contribution in [0.25, 0.3) is 10.9 Å².